The van der Waals surface area contributed by atoms with Crippen molar-refractivity contribution in [3.8, 4) is 0 Å². The molecule has 2 heterocycles. The first kappa shape index (κ1) is 33.3. The fraction of sp³-hybridized carbons (Fsp3) is 0.821. The van der Waals surface area contributed by atoms with Gasteiger partial charge < -0.3 is 10.6 Å². The third-order valence-corrected chi connectivity index (χ3v) is 6.45. The Labute approximate surface area is 205 Å². The van der Waals surface area contributed by atoms with Crippen LogP contribution in [0.4, 0.5) is 0 Å². The molecule has 1 aromatic heterocycles. The van der Waals surface area contributed by atoms with Crippen molar-refractivity contribution in [2.24, 2.45) is 5.73 Å². The molecule has 2 rings (SSSR count). The van der Waals surface area contributed by atoms with E-state index >= 15 is 0 Å². The van der Waals surface area contributed by atoms with E-state index in [2.05, 4.69) is 17.6 Å². The summed E-state index contributed by atoms with van der Waals surface area (Å²) >= 11 is 1.71. The molecule has 1 saturated heterocycles. The smallest absolute Gasteiger partial charge is 0.204 e. The minimum atomic E-state index is 0.250. The van der Waals surface area contributed by atoms with Gasteiger partial charge in [0.2, 0.25) is 6.41 Å². The van der Waals surface area contributed by atoms with E-state index in [1.54, 1.807) is 11.3 Å². The van der Waals surface area contributed by atoms with Crippen molar-refractivity contribution in [3.63, 3.8) is 0 Å². The third kappa shape index (κ3) is 29.1. The molecular weight excluding hydrogens is 412 g/mol. The summed E-state index contributed by atoms with van der Waals surface area (Å²) in [4.78, 5) is 11.3. The first-order chi connectivity index (χ1) is 15.8. The predicted molar refractivity (Wildman–Crippen MR) is 147 cm³/mol. The van der Waals surface area contributed by atoms with Crippen LogP contribution in [0.2, 0.25) is 0 Å². The maximum Gasteiger partial charge on any atom is 0.204 e. The number of rotatable bonds is 1. The lowest BCUT2D eigenvalue weighted by molar-refractivity contribution is -0.106. The molecule has 1 aliphatic rings. The summed E-state index contributed by atoms with van der Waals surface area (Å²) in [5.74, 6) is 0. The topological polar surface area (TPSA) is 46.3 Å². The van der Waals surface area contributed by atoms with Crippen molar-refractivity contribution in [2.75, 3.05) is 19.6 Å². The number of nitrogens with two attached hydrogens (primary N) is 1. The predicted octanol–water partition coefficient (Wildman–Crippen LogP) is 8.83. The van der Waals surface area contributed by atoms with Gasteiger partial charge in [-0.25, -0.2) is 0 Å². The van der Waals surface area contributed by atoms with Gasteiger partial charge in [-0.05, 0) is 43.2 Å². The molecule has 1 fully saturated rings. The van der Waals surface area contributed by atoms with Crippen LogP contribution in [0, 0.1) is 0 Å². The van der Waals surface area contributed by atoms with E-state index < -0.39 is 0 Å². The average molecular weight is 469 g/mol. The number of carbonyl (C=O) groups excluding carboxylic acids is 1. The van der Waals surface area contributed by atoms with Gasteiger partial charge in [0.15, 0.2) is 0 Å². The van der Waals surface area contributed by atoms with Crippen LogP contribution < -0.4 is 5.73 Å². The number of primary amides is 1. The highest BCUT2D eigenvalue weighted by atomic mass is 32.1. The van der Waals surface area contributed by atoms with Gasteiger partial charge in [0, 0.05) is 0 Å². The van der Waals surface area contributed by atoms with E-state index in [-0.39, 0.29) is 6.41 Å². The Morgan fingerprint density at radius 2 is 0.906 bits per heavy atom. The summed E-state index contributed by atoms with van der Waals surface area (Å²) in [5, 5.41) is 4.08. The van der Waals surface area contributed by atoms with E-state index in [0.717, 1.165) is 0 Å². The summed E-state index contributed by atoms with van der Waals surface area (Å²) in [5.41, 5.74) is 4.17. The Kier molecular flexibility index (Phi) is 33.6. The van der Waals surface area contributed by atoms with Crippen LogP contribution in [-0.4, -0.2) is 30.9 Å². The number of carbonyl (C=O) groups is 1. The van der Waals surface area contributed by atoms with E-state index in [1.165, 1.54) is 129 Å². The van der Waals surface area contributed by atoms with E-state index in [4.69, 9.17) is 4.79 Å². The van der Waals surface area contributed by atoms with Gasteiger partial charge in [0.1, 0.15) is 0 Å². The zero-order chi connectivity index (χ0) is 24.0. The molecule has 0 aliphatic carbocycles. The SMILES string of the molecule is CC.CCN1CCCCCCCCCCCCCCCCCCC1.NC=O.c1ccsc1. The zero-order valence-corrected chi connectivity index (χ0v) is 22.7. The molecule has 32 heavy (non-hydrogen) atoms. The second kappa shape index (κ2) is 32.3. The summed E-state index contributed by atoms with van der Waals surface area (Å²) < 4.78 is 0. The van der Waals surface area contributed by atoms with Crippen molar-refractivity contribution in [1.29, 1.82) is 0 Å². The molecule has 0 saturated carbocycles. The van der Waals surface area contributed by atoms with Crippen molar-refractivity contribution in [3.05, 3.63) is 22.9 Å². The Balaban J connectivity index is 0. The highest BCUT2D eigenvalue weighted by molar-refractivity contribution is 7.07. The van der Waals surface area contributed by atoms with E-state index in [9.17, 15) is 0 Å². The first-order valence-corrected chi connectivity index (χ1v) is 14.6. The van der Waals surface area contributed by atoms with E-state index in [0.29, 0.717) is 0 Å². The van der Waals surface area contributed by atoms with Gasteiger partial charge in [-0.1, -0.05) is 129 Å². The molecule has 4 heteroatoms. The van der Waals surface area contributed by atoms with Crippen LogP contribution in [0.5, 0.6) is 0 Å². The van der Waals surface area contributed by atoms with Crippen LogP contribution in [0.15, 0.2) is 22.9 Å². The standard InChI is InChI=1S/C21H43N.C4H4S.C2H6.CH3NO/c1-2-22-20-18-16-14-12-10-8-6-4-3-5-7-9-11-13-15-17-19-21-22;1-2-4-5-3-1;1-2;2-1-3/h2-21H2,1H3;1-4H;1-2H3;1H,(H2,2,3). The van der Waals surface area contributed by atoms with Gasteiger partial charge in [0.05, 0.1) is 0 Å². The van der Waals surface area contributed by atoms with Crippen molar-refractivity contribution >= 4 is 17.7 Å². The van der Waals surface area contributed by atoms with Gasteiger partial charge in [-0.2, -0.15) is 11.3 Å². The second-order valence-electron chi connectivity index (χ2n) is 8.37. The van der Waals surface area contributed by atoms with Crippen LogP contribution in [0.3, 0.4) is 0 Å². The molecule has 2 N–H and O–H groups in total. The van der Waals surface area contributed by atoms with Crippen LogP contribution >= 0.6 is 11.3 Å². The van der Waals surface area contributed by atoms with Crippen molar-refractivity contribution in [2.45, 2.75) is 130 Å². The molecular formula is C28H56N2OS. The van der Waals surface area contributed by atoms with Crippen LogP contribution in [0.25, 0.3) is 0 Å². The molecule has 0 aromatic carbocycles. The highest BCUT2D eigenvalue weighted by Crippen LogP contribution is 2.14. The highest BCUT2D eigenvalue weighted by Gasteiger charge is 2.02. The largest absolute Gasteiger partial charge is 0.372 e. The molecule has 1 amide bonds. The molecule has 3 nitrogen and oxygen atoms in total. The normalized spacial score (nSPS) is 18.2. The summed E-state index contributed by atoms with van der Waals surface area (Å²) in [6.07, 6.45) is 25.3. The average Bonchev–Trinajstić information content (AvgIpc) is 3.41. The molecule has 0 atom stereocenters. The molecule has 0 bridgehead atoms. The Morgan fingerprint density at radius 1 is 0.656 bits per heavy atom. The summed E-state index contributed by atoms with van der Waals surface area (Å²) in [7, 11) is 0. The van der Waals surface area contributed by atoms with Gasteiger partial charge in [0.25, 0.3) is 0 Å². The Bertz CT molecular complexity index is 374. The monoisotopic (exact) mass is 468 g/mol. The summed E-state index contributed by atoms with van der Waals surface area (Å²) in [6, 6.07) is 4.04. The maximum atomic E-state index is 8.58. The molecule has 0 spiro atoms. The molecule has 190 valence electrons. The minimum Gasteiger partial charge on any atom is -0.372 e. The lowest BCUT2D eigenvalue weighted by Gasteiger charge is -2.20. The Morgan fingerprint density at radius 3 is 1.09 bits per heavy atom. The Hall–Kier alpha value is -0.870. The van der Waals surface area contributed by atoms with Crippen molar-refractivity contribution < 1.29 is 4.79 Å². The molecule has 0 radical (unpaired) electrons. The lowest BCUT2D eigenvalue weighted by Crippen LogP contribution is -2.25. The molecule has 1 aromatic rings. The van der Waals surface area contributed by atoms with Crippen LogP contribution in [-0.2, 0) is 4.79 Å². The number of amides is 1. The zero-order valence-electron chi connectivity index (χ0n) is 21.9. The third-order valence-electron chi connectivity index (χ3n) is 5.82. The first-order valence-electron chi connectivity index (χ1n) is 13.7. The maximum absolute atomic E-state index is 8.58. The number of thiophene rings is 1. The van der Waals surface area contributed by atoms with E-state index in [1.807, 2.05) is 36.7 Å². The quantitative estimate of drug-likeness (QED) is 0.418. The van der Waals surface area contributed by atoms with Gasteiger partial charge in [-0.15, -0.1) is 0 Å². The number of hydrogen-bond donors (Lipinski definition) is 1. The number of nitrogens with zero attached hydrogens (tertiary/aromatic N) is 1. The molecule has 1 aliphatic heterocycles. The fourth-order valence-corrected chi connectivity index (χ4v) is 4.43. The number of hydrogen-bond acceptors (Lipinski definition) is 3. The molecule has 0 unspecified atom stereocenters. The second-order valence-corrected chi connectivity index (χ2v) is 9.19. The minimum absolute atomic E-state index is 0.250. The fourth-order valence-electron chi connectivity index (χ4n) is 3.98. The van der Waals surface area contributed by atoms with Gasteiger partial charge >= 0.3 is 0 Å². The van der Waals surface area contributed by atoms with Crippen LogP contribution in [0.1, 0.15) is 130 Å². The summed E-state index contributed by atoms with van der Waals surface area (Å²) in [6.45, 7) is 10.3. The van der Waals surface area contributed by atoms with Gasteiger partial charge in [-0.3, -0.25) is 4.79 Å². The van der Waals surface area contributed by atoms with Crippen molar-refractivity contribution in [1.82, 2.24) is 4.90 Å². The lowest BCUT2D eigenvalue weighted by atomic mass is 10.0.